The Morgan fingerprint density at radius 2 is 2.06 bits per heavy atom. The lowest BCUT2D eigenvalue weighted by molar-refractivity contribution is 0.354. The highest BCUT2D eigenvalue weighted by Gasteiger charge is 2.35. The molecule has 0 radical (unpaired) electrons. The molecule has 94 valence electrons. The van der Waals surface area contributed by atoms with Gasteiger partial charge in [0.05, 0.1) is 0 Å². The molecule has 0 saturated carbocycles. The quantitative estimate of drug-likeness (QED) is 0.857. The molecule has 0 amide bonds. The Labute approximate surface area is 108 Å². The van der Waals surface area contributed by atoms with Gasteiger partial charge in [-0.25, -0.2) is 4.98 Å². The van der Waals surface area contributed by atoms with Gasteiger partial charge in [-0.1, -0.05) is 6.07 Å². The third-order valence-corrected chi connectivity index (χ3v) is 4.21. The van der Waals surface area contributed by atoms with Crippen LogP contribution in [-0.4, -0.2) is 30.2 Å². The summed E-state index contributed by atoms with van der Waals surface area (Å²) in [6.07, 6.45) is 4.98. The summed E-state index contributed by atoms with van der Waals surface area (Å²) in [6.45, 7) is 0. The number of piperidine rings is 1. The van der Waals surface area contributed by atoms with Crippen LogP contribution >= 0.6 is 0 Å². The molecule has 2 atom stereocenters. The van der Waals surface area contributed by atoms with Crippen LogP contribution in [0.2, 0.25) is 0 Å². The molecule has 3 heterocycles. The van der Waals surface area contributed by atoms with E-state index in [-0.39, 0.29) is 0 Å². The summed E-state index contributed by atoms with van der Waals surface area (Å²) >= 11 is 0. The van der Waals surface area contributed by atoms with Crippen molar-refractivity contribution in [2.75, 3.05) is 11.9 Å². The predicted molar refractivity (Wildman–Crippen MR) is 70.3 cm³/mol. The zero-order valence-electron chi connectivity index (χ0n) is 10.6. The number of anilines is 1. The van der Waals surface area contributed by atoms with Crippen molar-refractivity contribution in [1.29, 1.82) is 5.26 Å². The molecule has 2 aliphatic rings. The highest BCUT2D eigenvalue weighted by Crippen LogP contribution is 2.30. The minimum Gasteiger partial charge on any atom is -0.357 e. The Kier molecular flexibility index (Phi) is 2.92. The molecule has 0 aromatic carbocycles. The molecule has 2 saturated heterocycles. The van der Waals surface area contributed by atoms with Gasteiger partial charge in [-0.2, -0.15) is 5.26 Å². The van der Waals surface area contributed by atoms with Crippen LogP contribution in [-0.2, 0) is 0 Å². The zero-order valence-corrected chi connectivity index (χ0v) is 10.6. The second-order valence-electron chi connectivity index (χ2n) is 5.37. The van der Waals surface area contributed by atoms with E-state index >= 15 is 0 Å². The molecular formula is C14H18N4. The van der Waals surface area contributed by atoms with E-state index < -0.39 is 0 Å². The Bertz CT molecular complexity index is 467. The van der Waals surface area contributed by atoms with Crippen molar-refractivity contribution in [2.45, 2.75) is 43.8 Å². The lowest BCUT2D eigenvalue weighted by Crippen LogP contribution is -2.47. The number of nitrogens with one attached hydrogen (secondary N) is 1. The first-order valence-corrected chi connectivity index (χ1v) is 6.62. The van der Waals surface area contributed by atoms with Crippen molar-refractivity contribution in [3.05, 3.63) is 23.9 Å². The van der Waals surface area contributed by atoms with Gasteiger partial charge in [-0.15, -0.1) is 0 Å². The third-order valence-electron chi connectivity index (χ3n) is 4.21. The molecule has 18 heavy (non-hydrogen) atoms. The molecule has 0 spiro atoms. The molecule has 2 unspecified atom stereocenters. The first-order chi connectivity index (χ1) is 8.76. The molecule has 2 bridgehead atoms. The van der Waals surface area contributed by atoms with Crippen molar-refractivity contribution in [2.24, 2.45) is 0 Å². The Hall–Kier alpha value is -1.60. The van der Waals surface area contributed by atoms with Crippen molar-refractivity contribution in [3.8, 4) is 6.07 Å². The fourth-order valence-electron chi connectivity index (χ4n) is 3.21. The van der Waals surface area contributed by atoms with E-state index in [9.17, 15) is 0 Å². The van der Waals surface area contributed by atoms with Crippen molar-refractivity contribution >= 4 is 5.82 Å². The van der Waals surface area contributed by atoms with E-state index in [0.717, 1.165) is 5.82 Å². The maximum absolute atomic E-state index is 8.91. The van der Waals surface area contributed by atoms with Gasteiger partial charge < -0.3 is 10.2 Å². The number of hydrogen-bond donors (Lipinski definition) is 1. The Balaban J connectivity index is 1.77. The molecule has 2 aliphatic heterocycles. The standard InChI is InChI=1S/C14H18N4/c1-18(14-4-2-3-12(9-15)17-14)13-7-10-5-6-11(8-13)16-10/h2-4,10-11,13,16H,5-8H2,1H3. The average Bonchev–Trinajstić information content (AvgIpc) is 2.76. The van der Waals surface area contributed by atoms with Crippen LogP contribution in [0.4, 0.5) is 5.82 Å². The van der Waals surface area contributed by atoms with Gasteiger partial charge in [-0.05, 0) is 37.8 Å². The number of nitriles is 1. The number of hydrogen-bond acceptors (Lipinski definition) is 4. The molecule has 0 aliphatic carbocycles. The summed E-state index contributed by atoms with van der Waals surface area (Å²) < 4.78 is 0. The number of rotatable bonds is 2. The zero-order chi connectivity index (χ0) is 12.5. The van der Waals surface area contributed by atoms with E-state index in [1.165, 1.54) is 25.7 Å². The van der Waals surface area contributed by atoms with Crippen LogP contribution in [0.15, 0.2) is 18.2 Å². The van der Waals surface area contributed by atoms with E-state index in [1.54, 1.807) is 6.07 Å². The molecule has 4 nitrogen and oxygen atoms in total. The van der Waals surface area contributed by atoms with E-state index in [0.29, 0.717) is 23.8 Å². The monoisotopic (exact) mass is 242 g/mol. The fraction of sp³-hybridized carbons (Fsp3) is 0.571. The maximum Gasteiger partial charge on any atom is 0.142 e. The number of aromatic nitrogens is 1. The second-order valence-corrected chi connectivity index (χ2v) is 5.37. The fourth-order valence-corrected chi connectivity index (χ4v) is 3.21. The van der Waals surface area contributed by atoms with Gasteiger partial charge in [0.25, 0.3) is 0 Å². The van der Waals surface area contributed by atoms with Crippen LogP contribution in [0.5, 0.6) is 0 Å². The van der Waals surface area contributed by atoms with Gasteiger partial charge in [0.15, 0.2) is 0 Å². The highest BCUT2D eigenvalue weighted by molar-refractivity contribution is 5.42. The predicted octanol–water partition coefficient (Wildman–Crippen LogP) is 1.67. The molecule has 2 fully saturated rings. The first-order valence-electron chi connectivity index (χ1n) is 6.62. The SMILES string of the molecule is CN(c1cccc(C#N)n1)C1CC2CCC(C1)N2. The molecule has 1 aromatic rings. The largest absolute Gasteiger partial charge is 0.357 e. The van der Waals surface area contributed by atoms with E-state index in [1.807, 2.05) is 12.1 Å². The summed E-state index contributed by atoms with van der Waals surface area (Å²) in [5.74, 6) is 0.917. The third kappa shape index (κ3) is 2.06. The maximum atomic E-state index is 8.91. The number of pyridine rings is 1. The number of fused-ring (bicyclic) bond motifs is 2. The molecule has 1 N–H and O–H groups in total. The Morgan fingerprint density at radius 3 is 2.72 bits per heavy atom. The lowest BCUT2D eigenvalue weighted by Gasteiger charge is -2.36. The Morgan fingerprint density at radius 1 is 1.33 bits per heavy atom. The molecule has 1 aromatic heterocycles. The van der Waals surface area contributed by atoms with Crippen molar-refractivity contribution < 1.29 is 0 Å². The summed E-state index contributed by atoms with van der Waals surface area (Å²) in [7, 11) is 2.10. The first kappa shape index (κ1) is 11.5. The van der Waals surface area contributed by atoms with Crippen LogP contribution in [0, 0.1) is 11.3 Å². The van der Waals surface area contributed by atoms with E-state index in [2.05, 4.69) is 28.3 Å². The second kappa shape index (κ2) is 4.58. The van der Waals surface area contributed by atoms with Gasteiger partial charge in [0.1, 0.15) is 17.6 Å². The van der Waals surface area contributed by atoms with Crippen LogP contribution in [0.25, 0.3) is 0 Å². The van der Waals surface area contributed by atoms with Gasteiger partial charge >= 0.3 is 0 Å². The van der Waals surface area contributed by atoms with Gasteiger partial charge in [-0.3, -0.25) is 0 Å². The topological polar surface area (TPSA) is 52.0 Å². The van der Waals surface area contributed by atoms with Crippen molar-refractivity contribution in [1.82, 2.24) is 10.3 Å². The van der Waals surface area contributed by atoms with Crippen LogP contribution in [0.3, 0.4) is 0 Å². The summed E-state index contributed by atoms with van der Waals surface area (Å²) in [6, 6.07) is 9.66. The number of nitrogens with zero attached hydrogens (tertiary/aromatic N) is 3. The van der Waals surface area contributed by atoms with Crippen LogP contribution in [0.1, 0.15) is 31.4 Å². The highest BCUT2D eigenvalue weighted by atomic mass is 15.2. The minimum atomic E-state index is 0.497. The summed E-state index contributed by atoms with van der Waals surface area (Å²) in [5.41, 5.74) is 0.497. The summed E-state index contributed by atoms with van der Waals surface area (Å²) in [4.78, 5) is 6.62. The van der Waals surface area contributed by atoms with Gasteiger partial charge in [0, 0.05) is 25.2 Å². The molecule has 4 heteroatoms. The van der Waals surface area contributed by atoms with E-state index in [4.69, 9.17) is 5.26 Å². The smallest absolute Gasteiger partial charge is 0.142 e. The molecule has 3 rings (SSSR count). The summed E-state index contributed by atoms with van der Waals surface area (Å²) in [5, 5.41) is 12.6. The van der Waals surface area contributed by atoms with Crippen LogP contribution < -0.4 is 10.2 Å². The molecular weight excluding hydrogens is 224 g/mol. The van der Waals surface area contributed by atoms with Gasteiger partial charge in [0.2, 0.25) is 0 Å². The minimum absolute atomic E-state index is 0.497. The average molecular weight is 242 g/mol. The van der Waals surface area contributed by atoms with Crippen molar-refractivity contribution in [3.63, 3.8) is 0 Å². The normalized spacial score (nSPS) is 29.9. The lowest BCUT2D eigenvalue weighted by atomic mass is 9.98.